The van der Waals surface area contributed by atoms with Crippen molar-refractivity contribution in [2.75, 3.05) is 12.8 Å². The summed E-state index contributed by atoms with van der Waals surface area (Å²) >= 11 is 0. The summed E-state index contributed by atoms with van der Waals surface area (Å²) in [6, 6.07) is 27.0. The third-order valence-electron chi connectivity index (χ3n) is 5.18. The first kappa shape index (κ1) is 20.9. The van der Waals surface area contributed by atoms with E-state index in [0.29, 0.717) is 23.1 Å². The lowest BCUT2D eigenvalue weighted by molar-refractivity contribution is 0.0926. The van der Waals surface area contributed by atoms with Gasteiger partial charge in [0, 0.05) is 29.7 Å². The summed E-state index contributed by atoms with van der Waals surface area (Å²) in [6.45, 7) is 0.349. The second-order valence-electron chi connectivity index (χ2n) is 7.56. The number of rotatable bonds is 7. The highest BCUT2D eigenvalue weighted by Crippen LogP contribution is 2.28. The molecule has 0 bridgehead atoms. The maximum atomic E-state index is 13.1. The Morgan fingerprint density at radius 2 is 1.42 bits per heavy atom. The molecule has 0 saturated heterocycles. The smallest absolute Gasteiger partial charge is 0.287 e. The van der Waals surface area contributed by atoms with E-state index in [1.165, 1.54) is 0 Å². The van der Waals surface area contributed by atoms with Gasteiger partial charge in [-0.15, -0.1) is 0 Å². The predicted molar refractivity (Wildman–Crippen MR) is 122 cm³/mol. The first-order valence-electron chi connectivity index (χ1n) is 9.98. The van der Waals surface area contributed by atoms with Crippen LogP contribution in [0.2, 0.25) is 0 Å². The van der Waals surface area contributed by atoms with Crippen LogP contribution in [0.4, 0.5) is 0 Å². The summed E-state index contributed by atoms with van der Waals surface area (Å²) in [6.07, 6.45) is 1.15. The van der Waals surface area contributed by atoms with Crippen LogP contribution in [0, 0.1) is 0 Å². The van der Waals surface area contributed by atoms with E-state index < -0.39 is 15.7 Å². The van der Waals surface area contributed by atoms with Crippen LogP contribution in [-0.2, 0) is 15.6 Å². The monoisotopic (exact) mass is 433 g/mol. The summed E-state index contributed by atoms with van der Waals surface area (Å²) in [5.41, 5.74) is 3.05. The number of carbonyl (C=O) groups is 1. The number of fused-ring (bicyclic) bond motifs is 1. The average Bonchev–Trinajstić information content (AvgIpc) is 3.12. The topological polar surface area (TPSA) is 76.4 Å². The number of benzene rings is 3. The Balaban J connectivity index is 1.64. The zero-order valence-electron chi connectivity index (χ0n) is 17.1. The van der Waals surface area contributed by atoms with Crippen molar-refractivity contribution >= 4 is 26.7 Å². The third-order valence-corrected chi connectivity index (χ3v) is 5.99. The van der Waals surface area contributed by atoms with E-state index in [1.807, 2.05) is 60.7 Å². The highest BCUT2D eigenvalue weighted by atomic mass is 32.2. The van der Waals surface area contributed by atoms with E-state index in [1.54, 1.807) is 24.3 Å². The molecule has 1 heterocycles. The van der Waals surface area contributed by atoms with Crippen LogP contribution in [0.15, 0.2) is 89.3 Å². The minimum absolute atomic E-state index is 0.0471. The Hall–Kier alpha value is -3.38. The SMILES string of the molecule is CS(=O)(=O)Cc1c(C(=O)NCC(c2ccccc2)c2ccccc2)oc2ccccc12. The van der Waals surface area contributed by atoms with Crippen molar-refractivity contribution < 1.29 is 17.6 Å². The molecule has 0 atom stereocenters. The average molecular weight is 434 g/mol. The summed E-state index contributed by atoms with van der Waals surface area (Å²) < 4.78 is 29.7. The highest BCUT2D eigenvalue weighted by Gasteiger charge is 2.24. The van der Waals surface area contributed by atoms with E-state index in [4.69, 9.17) is 4.42 Å². The number of nitrogens with one attached hydrogen (secondary N) is 1. The van der Waals surface area contributed by atoms with Crippen molar-refractivity contribution in [2.24, 2.45) is 0 Å². The molecule has 158 valence electrons. The molecule has 6 heteroatoms. The molecular weight excluding hydrogens is 410 g/mol. The molecule has 0 aliphatic carbocycles. The number of carbonyl (C=O) groups excluding carboxylic acids is 1. The lowest BCUT2D eigenvalue weighted by Crippen LogP contribution is -2.29. The molecule has 0 fully saturated rings. The summed E-state index contributed by atoms with van der Waals surface area (Å²) in [4.78, 5) is 13.1. The molecule has 31 heavy (non-hydrogen) atoms. The van der Waals surface area contributed by atoms with Crippen LogP contribution >= 0.6 is 0 Å². The zero-order valence-corrected chi connectivity index (χ0v) is 17.9. The molecule has 1 amide bonds. The lowest BCUT2D eigenvalue weighted by Gasteiger charge is -2.18. The fourth-order valence-electron chi connectivity index (χ4n) is 3.76. The Bertz CT molecular complexity index is 1260. The number of amides is 1. The molecule has 4 aromatic rings. The van der Waals surface area contributed by atoms with Gasteiger partial charge in [0.25, 0.3) is 5.91 Å². The second-order valence-corrected chi connectivity index (χ2v) is 9.70. The van der Waals surface area contributed by atoms with Gasteiger partial charge in [-0.1, -0.05) is 78.9 Å². The van der Waals surface area contributed by atoms with Gasteiger partial charge >= 0.3 is 0 Å². The van der Waals surface area contributed by atoms with Gasteiger partial charge in [0.1, 0.15) is 5.58 Å². The van der Waals surface area contributed by atoms with Gasteiger partial charge in [0.05, 0.1) is 5.75 Å². The molecule has 5 nitrogen and oxygen atoms in total. The van der Waals surface area contributed by atoms with E-state index in [-0.39, 0.29) is 17.4 Å². The molecular formula is C25H23NO4S. The van der Waals surface area contributed by atoms with Gasteiger partial charge in [-0.05, 0) is 17.2 Å². The number of furan rings is 1. The predicted octanol–water partition coefficient (Wildman–Crippen LogP) is 4.54. The van der Waals surface area contributed by atoms with Crippen molar-refractivity contribution in [1.29, 1.82) is 0 Å². The molecule has 0 aliphatic heterocycles. The third kappa shape index (κ3) is 4.86. The Morgan fingerprint density at radius 1 is 0.871 bits per heavy atom. The van der Waals surface area contributed by atoms with Crippen molar-refractivity contribution in [1.82, 2.24) is 5.32 Å². The summed E-state index contributed by atoms with van der Waals surface area (Å²) in [5, 5.41) is 3.60. The van der Waals surface area contributed by atoms with Crippen LogP contribution in [-0.4, -0.2) is 27.1 Å². The molecule has 4 rings (SSSR count). The Labute approximate surface area is 181 Å². The quantitative estimate of drug-likeness (QED) is 0.464. The minimum atomic E-state index is -3.35. The molecule has 0 saturated carbocycles. The number of hydrogen-bond acceptors (Lipinski definition) is 4. The fourth-order valence-corrected chi connectivity index (χ4v) is 4.57. The molecule has 0 radical (unpaired) electrons. The van der Waals surface area contributed by atoms with E-state index in [0.717, 1.165) is 17.4 Å². The van der Waals surface area contributed by atoms with E-state index in [2.05, 4.69) is 5.32 Å². The van der Waals surface area contributed by atoms with Gasteiger partial charge in [0.15, 0.2) is 15.6 Å². The van der Waals surface area contributed by atoms with Crippen molar-refractivity contribution in [3.05, 3.63) is 107 Å². The van der Waals surface area contributed by atoms with Crippen molar-refractivity contribution in [3.8, 4) is 0 Å². The maximum absolute atomic E-state index is 13.1. The number of hydrogen-bond donors (Lipinski definition) is 1. The van der Waals surface area contributed by atoms with Crippen LogP contribution in [0.1, 0.15) is 33.2 Å². The second kappa shape index (κ2) is 8.78. The van der Waals surface area contributed by atoms with E-state index >= 15 is 0 Å². The van der Waals surface area contributed by atoms with Crippen LogP contribution in [0.5, 0.6) is 0 Å². The normalized spacial score (nSPS) is 11.7. The van der Waals surface area contributed by atoms with E-state index in [9.17, 15) is 13.2 Å². The maximum Gasteiger partial charge on any atom is 0.287 e. The zero-order chi connectivity index (χ0) is 21.8. The van der Waals surface area contributed by atoms with Gasteiger partial charge in [-0.2, -0.15) is 0 Å². The molecule has 0 spiro atoms. The Kier molecular flexibility index (Phi) is 5.91. The molecule has 0 unspecified atom stereocenters. The van der Waals surface area contributed by atoms with Crippen LogP contribution < -0.4 is 5.32 Å². The van der Waals surface area contributed by atoms with Crippen LogP contribution in [0.25, 0.3) is 11.0 Å². The summed E-state index contributed by atoms with van der Waals surface area (Å²) in [7, 11) is -3.35. The van der Waals surface area contributed by atoms with Crippen LogP contribution in [0.3, 0.4) is 0 Å². The van der Waals surface area contributed by atoms with Gasteiger partial charge in [0.2, 0.25) is 0 Å². The van der Waals surface area contributed by atoms with Gasteiger partial charge in [-0.25, -0.2) is 8.42 Å². The summed E-state index contributed by atoms with van der Waals surface area (Å²) in [5.74, 6) is -0.680. The van der Waals surface area contributed by atoms with Crippen molar-refractivity contribution in [2.45, 2.75) is 11.7 Å². The largest absolute Gasteiger partial charge is 0.451 e. The molecule has 1 N–H and O–H groups in total. The Morgan fingerprint density at radius 3 is 2.00 bits per heavy atom. The van der Waals surface area contributed by atoms with Gasteiger partial charge in [-0.3, -0.25) is 4.79 Å². The number of sulfone groups is 1. The van der Waals surface area contributed by atoms with Gasteiger partial charge < -0.3 is 9.73 Å². The molecule has 3 aromatic carbocycles. The van der Waals surface area contributed by atoms with Crippen molar-refractivity contribution in [3.63, 3.8) is 0 Å². The molecule has 1 aromatic heterocycles. The lowest BCUT2D eigenvalue weighted by atomic mass is 9.91. The first-order valence-corrected chi connectivity index (χ1v) is 12.0. The highest BCUT2D eigenvalue weighted by molar-refractivity contribution is 7.89. The minimum Gasteiger partial charge on any atom is -0.451 e. The standard InChI is InChI=1S/C25H23NO4S/c1-31(28,29)17-22-20-14-8-9-15-23(20)30-24(22)25(27)26-16-21(18-10-4-2-5-11-18)19-12-6-3-7-13-19/h2-15,21H,16-17H2,1H3,(H,26,27). The molecule has 0 aliphatic rings. The number of para-hydroxylation sites is 1. The fraction of sp³-hybridized carbons (Fsp3) is 0.160. The first-order chi connectivity index (χ1) is 14.9.